The van der Waals surface area contributed by atoms with Crippen molar-refractivity contribution in [3.63, 3.8) is 0 Å². The first kappa shape index (κ1) is 29.8. The van der Waals surface area contributed by atoms with Crippen LogP contribution in [0.4, 0.5) is 10.5 Å². The minimum absolute atomic E-state index is 0.0971. The number of benzene rings is 1. The Balaban J connectivity index is 1.21. The van der Waals surface area contributed by atoms with Gasteiger partial charge >= 0.3 is 6.09 Å². The molecule has 6 atom stereocenters. The fourth-order valence-corrected chi connectivity index (χ4v) is 9.22. The van der Waals surface area contributed by atoms with Crippen molar-refractivity contribution >= 4 is 27.7 Å². The number of sulfonamides is 1. The van der Waals surface area contributed by atoms with Crippen molar-refractivity contribution in [2.24, 2.45) is 29.6 Å². The second kappa shape index (κ2) is 11.9. The number of hydrazine groups is 1. The molecule has 6 unspecified atom stereocenters. The summed E-state index contributed by atoms with van der Waals surface area (Å²) >= 11 is 0. The number of fused-ring (bicyclic) bond motifs is 1. The van der Waals surface area contributed by atoms with Crippen molar-refractivity contribution in [3.05, 3.63) is 29.2 Å². The summed E-state index contributed by atoms with van der Waals surface area (Å²) in [5, 5.41) is 4.41. The van der Waals surface area contributed by atoms with Gasteiger partial charge in [-0.25, -0.2) is 13.2 Å². The predicted octanol–water partition coefficient (Wildman–Crippen LogP) is 3.56. The van der Waals surface area contributed by atoms with Gasteiger partial charge in [-0.15, -0.1) is 5.01 Å². The summed E-state index contributed by atoms with van der Waals surface area (Å²) < 4.78 is 32.8. The van der Waals surface area contributed by atoms with Crippen molar-refractivity contribution < 1.29 is 27.6 Å². The van der Waals surface area contributed by atoms with E-state index in [0.717, 1.165) is 50.1 Å². The van der Waals surface area contributed by atoms with E-state index in [-0.39, 0.29) is 28.8 Å². The number of likely N-dealkylation sites (tertiary alicyclic amines) is 1. The molecule has 0 saturated carbocycles. The molecular weight excluding hydrogens is 546 g/mol. The standard InChI is InChI=1S/C29H43N5O6S/c1-19-15-20(2)18-31(17-19)28(35)27-21(3)34(37)33-14-11-23(16-26(27)33)22-9-12-32(13-10-22)41(38,39)25-7-5-24(6-8-25)30-29(36)40-4/h5-8,19-23,26-27H,9-18H2,1-4H3/p+1. The number of amides is 2. The smallest absolute Gasteiger partial charge is 0.411 e. The average molecular weight is 591 g/mol. The van der Waals surface area contributed by atoms with Gasteiger partial charge in [0.15, 0.2) is 0 Å². The van der Waals surface area contributed by atoms with Crippen molar-refractivity contribution in [3.8, 4) is 0 Å². The molecule has 4 saturated heterocycles. The van der Waals surface area contributed by atoms with Crippen molar-refractivity contribution in [1.29, 1.82) is 0 Å². The quantitative estimate of drug-likeness (QED) is 0.521. The van der Waals surface area contributed by atoms with E-state index in [1.807, 2.05) is 16.8 Å². The molecule has 0 aliphatic carbocycles. The number of methoxy groups -OCH3 is 1. The number of nitroso groups, excluding NO2 is 1. The molecule has 11 nitrogen and oxygen atoms in total. The number of anilines is 1. The number of nitrogens with zero attached hydrogens (tertiary/aromatic N) is 4. The molecule has 4 fully saturated rings. The number of hydrogen-bond acceptors (Lipinski definition) is 6. The number of piperidine rings is 3. The van der Waals surface area contributed by atoms with Gasteiger partial charge in [-0.2, -0.15) is 4.31 Å². The topological polar surface area (TPSA) is 119 Å². The zero-order valence-corrected chi connectivity index (χ0v) is 25.4. The van der Waals surface area contributed by atoms with Crippen LogP contribution in [0.2, 0.25) is 0 Å². The first-order chi connectivity index (χ1) is 19.5. The van der Waals surface area contributed by atoms with Gasteiger partial charge in [-0.3, -0.25) is 10.1 Å². The summed E-state index contributed by atoms with van der Waals surface area (Å²) in [5.74, 6) is 1.45. The third kappa shape index (κ3) is 5.95. The van der Waals surface area contributed by atoms with Crippen LogP contribution in [0.25, 0.3) is 0 Å². The number of hydrogen-bond donors (Lipinski definition) is 1. The second-order valence-corrected chi connectivity index (χ2v) is 14.6. The van der Waals surface area contributed by atoms with Gasteiger partial charge in [0.05, 0.1) is 23.5 Å². The molecule has 2 amide bonds. The molecule has 12 heteroatoms. The maximum absolute atomic E-state index is 13.8. The van der Waals surface area contributed by atoms with Crippen LogP contribution in [-0.2, 0) is 19.6 Å². The van der Waals surface area contributed by atoms with E-state index < -0.39 is 16.1 Å². The Morgan fingerprint density at radius 1 is 0.927 bits per heavy atom. The lowest BCUT2D eigenvalue weighted by Gasteiger charge is -2.41. The zero-order chi connectivity index (χ0) is 29.5. The Bertz CT molecular complexity index is 1240. The molecule has 1 aromatic carbocycles. The molecule has 1 aromatic rings. The lowest BCUT2D eigenvalue weighted by molar-refractivity contribution is -0.716. The maximum Gasteiger partial charge on any atom is 0.411 e. The van der Waals surface area contributed by atoms with E-state index in [4.69, 9.17) is 0 Å². The first-order valence-electron chi connectivity index (χ1n) is 15.0. The van der Waals surface area contributed by atoms with E-state index in [1.165, 1.54) is 19.2 Å². The van der Waals surface area contributed by atoms with E-state index in [2.05, 4.69) is 23.9 Å². The third-order valence-corrected chi connectivity index (χ3v) is 11.7. The predicted molar refractivity (Wildman–Crippen MR) is 153 cm³/mol. The Kier molecular flexibility index (Phi) is 8.61. The minimum atomic E-state index is -3.65. The Hall–Kier alpha value is -2.73. The fourth-order valence-electron chi connectivity index (χ4n) is 7.75. The van der Waals surface area contributed by atoms with Gasteiger partial charge in [-0.1, -0.05) is 13.8 Å². The van der Waals surface area contributed by atoms with E-state index in [9.17, 15) is 22.9 Å². The minimum Gasteiger partial charge on any atom is -0.453 e. The Labute approximate surface area is 243 Å². The van der Waals surface area contributed by atoms with Crippen molar-refractivity contribution in [2.45, 2.75) is 69.9 Å². The molecule has 41 heavy (non-hydrogen) atoms. The van der Waals surface area contributed by atoms with E-state index >= 15 is 0 Å². The molecule has 0 aromatic heterocycles. The van der Waals surface area contributed by atoms with Crippen LogP contribution in [-0.4, -0.2) is 91.4 Å². The highest BCUT2D eigenvalue weighted by atomic mass is 32.2. The van der Waals surface area contributed by atoms with Gasteiger partial charge < -0.3 is 9.64 Å². The highest BCUT2D eigenvalue weighted by Crippen LogP contribution is 2.42. The lowest BCUT2D eigenvalue weighted by Crippen LogP contribution is -2.51. The second-order valence-electron chi connectivity index (χ2n) is 12.7. The number of ether oxygens (including phenoxy) is 1. The summed E-state index contributed by atoms with van der Waals surface area (Å²) in [6.07, 6.45) is 3.71. The Morgan fingerprint density at radius 2 is 1.54 bits per heavy atom. The van der Waals surface area contributed by atoms with Gasteiger partial charge in [0, 0.05) is 38.8 Å². The molecule has 4 aliphatic rings. The van der Waals surface area contributed by atoms with Crippen molar-refractivity contribution in [2.75, 3.05) is 45.2 Å². The monoisotopic (exact) mass is 590 g/mol. The molecule has 4 heterocycles. The van der Waals surface area contributed by atoms with Crippen LogP contribution >= 0.6 is 0 Å². The van der Waals surface area contributed by atoms with Gasteiger partial charge in [-0.05, 0) is 80.0 Å². The number of rotatable bonds is 5. The van der Waals surface area contributed by atoms with Crippen LogP contribution in [0, 0.1) is 34.5 Å². The van der Waals surface area contributed by atoms with Crippen LogP contribution < -0.4 is 5.32 Å². The van der Waals surface area contributed by atoms with Crippen molar-refractivity contribution in [1.82, 2.24) is 14.2 Å². The number of carbonyl (C=O) groups excluding carboxylic acids is 2. The van der Waals surface area contributed by atoms with Gasteiger partial charge in [0.1, 0.15) is 16.8 Å². The van der Waals surface area contributed by atoms with E-state index in [0.29, 0.717) is 49.0 Å². The summed E-state index contributed by atoms with van der Waals surface area (Å²) in [5.41, 5.74) is 0.458. The first-order valence-corrected chi connectivity index (χ1v) is 16.4. The fraction of sp³-hybridized carbons (Fsp3) is 0.724. The normalized spacial score (nSPS) is 31.6. The molecule has 1 N–H and O–H groups in total. The lowest BCUT2D eigenvalue weighted by atomic mass is 9.74. The van der Waals surface area contributed by atoms with Crippen LogP contribution in [0.15, 0.2) is 29.2 Å². The van der Waals surface area contributed by atoms with Gasteiger partial charge in [0.25, 0.3) is 0 Å². The van der Waals surface area contributed by atoms with Crippen LogP contribution in [0.1, 0.15) is 52.9 Å². The highest BCUT2D eigenvalue weighted by molar-refractivity contribution is 7.89. The molecule has 0 spiro atoms. The SMILES string of the molecule is COC(=O)Nc1ccc(S(=O)(=O)N2CCC(C3CCN4C(C3)C(C(=O)N3CC(C)CC(C)C3)C(C)[N+]4=O)CC2)cc1. The third-order valence-electron chi connectivity index (χ3n) is 9.75. The maximum atomic E-state index is 13.8. The number of carbonyl (C=O) groups is 2. The molecule has 226 valence electrons. The average Bonchev–Trinajstić information content (AvgIpc) is 3.21. The van der Waals surface area contributed by atoms with Crippen LogP contribution in [0.3, 0.4) is 0 Å². The number of nitrogens with one attached hydrogen (secondary N) is 1. The molecular formula is C29H44N5O6S+. The highest BCUT2D eigenvalue weighted by Gasteiger charge is 2.59. The zero-order valence-electron chi connectivity index (χ0n) is 24.6. The molecule has 0 radical (unpaired) electrons. The summed E-state index contributed by atoms with van der Waals surface area (Å²) in [6, 6.07) is 5.63. The molecule has 0 bridgehead atoms. The van der Waals surface area contributed by atoms with Crippen LogP contribution in [0.5, 0.6) is 0 Å². The molecule has 5 rings (SSSR count). The van der Waals surface area contributed by atoms with Gasteiger partial charge in [0.2, 0.25) is 22.0 Å². The molecule has 4 aliphatic heterocycles. The van der Waals surface area contributed by atoms with E-state index in [1.54, 1.807) is 16.4 Å². The summed E-state index contributed by atoms with van der Waals surface area (Å²) in [6.45, 7) is 9.33. The largest absolute Gasteiger partial charge is 0.453 e. The Morgan fingerprint density at radius 3 is 2.15 bits per heavy atom. The summed E-state index contributed by atoms with van der Waals surface area (Å²) in [4.78, 5) is 41.6. The summed E-state index contributed by atoms with van der Waals surface area (Å²) in [7, 11) is -2.39.